The molecule has 1 aliphatic rings. The van der Waals surface area contributed by atoms with Gasteiger partial charge in [0.2, 0.25) is 0 Å². The summed E-state index contributed by atoms with van der Waals surface area (Å²) in [6.07, 6.45) is 10.1. The highest BCUT2D eigenvalue weighted by atomic mass is 19.1. The molecule has 1 aromatic carbocycles. The van der Waals surface area contributed by atoms with Gasteiger partial charge in [-0.1, -0.05) is 57.6 Å². The van der Waals surface area contributed by atoms with Gasteiger partial charge in [0.25, 0.3) is 0 Å². The van der Waals surface area contributed by atoms with E-state index < -0.39 is 0 Å². The second kappa shape index (κ2) is 10.9. The van der Waals surface area contributed by atoms with Crippen molar-refractivity contribution in [3.8, 4) is 0 Å². The third-order valence-electron chi connectivity index (χ3n) is 5.56. The van der Waals surface area contributed by atoms with E-state index in [2.05, 4.69) is 30.4 Å². The smallest absolute Gasteiger partial charge is 0.126 e. The Labute approximate surface area is 170 Å². The zero-order valence-electron chi connectivity index (χ0n) is 17.5. The van der Waals surface area contributed by atoms with Crippen LogP contribution in [0.25, 0.3) is 0 Å². The third kappa shape index (κ3) is 7.03. The van der Waals surface area contributed by atoms with Crippen LogP contribution in [0.4, 0.5) is 4.39 Å². The summed E-state index contributed by atoms with van der Waals surface area (Å²) in [5.74, 6) is 0.575. The number of hydrogen-bond acceptors (Lipinski definition) is 2. The molecule has 152 valence electrons. The van der Waals surface area contributed by atoms with Gasteiger partial charge >= 0.3 is 0 Å². The van der Waals surface area contributed by atoms with Crippen molar-refractivity contribution >= 4 is 0 Å². The summed E-state index contributed by atoms with van der Waals surface area (Å²) in [4.78, 5) is 0. The minimum absolute atomic E-state index is 0.180. The lowest BCUT2D eigenvalue weighted by molar-refractivity contribution is 0.444. The van der Waals surface area contributed by atoms with Crippen molar-refractivity contribution in [3.05, 3.63) is 83.5 Å². The Morgan fingerprint density at radius 2 is 1.75 bits per heavy atom. The molecule has 0 amide bonds. The molecule has 3 heteroatoms. The van der Waals surface area contributed by atoms with Crippen molar-refractivity contribution in [2.45, 2.75) is 58.9 Å². The fourth-order valence-corrected chi connectivity index (χ4v) is 3.55. The first-order chi connectivity index (χ1) is 13.4. The van der Waals surface area contributed by atoms with Crippen LogP contribution < -0.4 is 10.6 Å². The normalized spacial score (nSPS) is 15.6. The maximum absolute atomic E-state index is 13.4. The lowest BCUT2D eigenvalue weighted by Crippen LogP contribution is -2.22. The second-order valence-corrected chi connectivity index (χ2v) is 7.99. The van der Waals surface area contributed by atoms with Crippen LogP contribution in [0.2, 0.25) is 0 Å². The number of aryl methyl sites for hydroxylation is 1. The molecular formula is C25H35FN2. The van der Waals surface area contributed by atoms with Crippen molar-refractivity contribution in [2.75, 3.05) is 6.54 Å². The van der Waals surface area contributed by atoms with Crippen molar-refractivity contribution in [2.24, 2.45) is 5.92 Å². The highest BCUT2D eigenvalue weighted by molar-refractivity contribution is 5.41. The first-order valence-corrected chi connectivity index (χ1v) is 10.4. The molecule has 0 aliphatic heterocycles. The van der Waals surface area contributed by atoms with Gasteiger partial charge in [0.05, 0.1) is 0 Å². The van der Waals surface area contributed by atoms with Crippen molar-refractivity contribution < 1.29 is 4.39 Å². The van der Waals surface area contributed by atoms with Crippen LogP contribution in [0.1, 0.15) is 56.6 Å². The molecule has 0 bridgehead atoms. The van der Waals surface area contributed by atoms with E-state index in [-0.39, 0.29) is 5.82 Å². The number of nitrogens with one attached hydrogen (secondary N) is 2. The SMILES string of the molecule is C=C(/C=C(\C)C(=C)NCC1CCCCCC1)C(=C)NCc1ccc(F)c(C)c1. The molecule has 2 rings (SSSR count). The predicted molar refractivity (Wildman–Crippen MR) is 118 cm³/mol. The van der Waals surface area contributed by atoms with Crippen LogP contribution in [0.3, 0.4) is 0 Å². The van der Waals surface area contributed by atoms with Crippen LogP contribution in [0, 0.1) is 18.7 Å². The van der Waals surface area contributed by atoms with Crippen molar-refractivity contribution in [1.82, 2.24) is 10.6 Å². The van der Waals surface area contributed by atoms with E-state index in [0.29, 0.717) is 12.1 Å². The monoisotopic (exact) mass is 382 g/mol. The highest BCUT2D eigenvalue weighted by Gasteiger charge is 2.12. The average molecular weight is 383 g/mol. The summed E-state index contributed by atoms with van der Waals surface area (Å²) < 4.78 is 13.4. The summed E-state index contributed by atoms with van der Waals surface area (Å²) >= 11 is 0. The standard InChI is InChI=1S/C25H35FN2/c1-18(21(4)27-16-23-10-8-6-7-9-11-23)14-19(2)22(5)28-17-24-12-13-25(26)20(3)15-24/h12-15,23,27-28H,2,4-11,16-17H2,1,3H3/b18-14+. The molecule has 1 aliphatic carbocycles. The molecule has 0 atom stereocenters. The van der Waals surface area contributed by atoms with Crippen molar-refractivity contribution in [1.29, 1.82) is 0 Å². The lowest BCUT2D eigenvalue weighted by Gasteiger charge is -2.18. The average Bonchev–Trinajstić information content (AvgIpc) is 2.95. The van der Waals surface area contributed by atoms with Crippen LogP contribution in [0.15, 0.2) is 66.6 Å². The topological polar surface area (TPSA) is 24.1 Å². The van der Waals surface area contributed by atoms with E-state index in [1.807, 2.05) is 19.1 Å². The summed E-state index contributed by atoms with van der Waals surface area (Å²) in [7, 11) is 0. The van der Waals surface area contributed by atoms with E-state index in [4.69, 9.17) is 0 Å². The fourth-order valence-electron chi connectivity index (χ4n) is 3.55. The summed E-state index contributed by atoms with van der Waals surface area (Å²) in [5.41, 5.74) is 5.27. The molecule has 0 spiro atoms. The number of halogens is 1. The Bertz CT molecular complexity index is 737. The minimum atomic E-state index is -0.180. The molecule has 0 heterocycles. The molecule has 1 saturated carbocycles. The summed E-state index contributed by atoms with van der Waals surface area (Å²) in [6.45, 7) is 17.8. The van der Waals surface area contributed by atoms with E-state index in [1.165, 1.54) is 44.6 Å². The maximum atomic E-state index is 13.4. The molecule has 1 fully saturated rings. The van der Waals surface area contributed by atoms with Crippen LogP contribution in [-0.4, -0.2) is 6.54 Å². The highest BCUT2D eigenvalue weighted by Crippen LogP contribution is 2.22. The van der Waals surface area contributed by atoms with Gasteiger partial charge in [-0.3, -0.25) is 0 Å². The lowest BCUT2D eigenvalue weighted by atomic mass is 10.00. The Kier molecular flexibility index (Phi) is 8.56. The summed E-state index contributed by atoms with van der Waals surface area (Å²) in [5, 5.41) is 6.77. The molecule has 0 saturated heterocycles. The number of hydrogen-bond donors (Lipinski definition) is 2. The third-order valence-corrected chi connectivity index (χ3v) is 5.56. The molecule has 28 heavy (non-hydrogen) atoms. The van der Waals surface area contributed by atoms with Gasteiger partial charge < -0.3 is 10.6 Å². The molecule has 2 nitrogen and oxygen atoms in total. The zero-order chi connectivity index (χ0) is 20.5. The molecular weight excluding hydrogens is 347 g/mol. The maximum Gasteiger partial charge on any atom is 0.126 e. The second-order valence-electron chi connectivity index (χ2n) is 7.99. The molecule has 0 aromatic heterocycles. The van der Waals surface area contributed by atoms with Crippen LogP contribution in [0.5, 0.6) is 0 Å². The van der Waals surface area contributed by atoms with Gasteiger partial charge in [0, 0.05) is 24.5 Å². The van der Waals surface area contributed by atoms with E-state index in [1.54, 1.807) is 13.0 Å². The van der Waals surface area contributed by atoms with Gasteiger partial charge in [-0.25, -0.2) is 4.39 Å². The van der Waals surface area contributed by atoms with E-state index in [9.17, 15) is 4.39 Å². The quantitative estimate of drug-likeness (QED) is 0.386. The summed E-state index contributed by atoms with van der Waals surface area (Å²) in [6, 6.07) is 5.13. The molecule has 0 unspecified atom stereocenters. The molecule has 2 N–H and O–H groups in total. The first-order valence-electron chi connectivity index (χ1n) is 10.4. The van der Waals surface area contributed by atoms with E-state index >= 15 is 0 Å². The number of benzene rings is 1. The largest absolute Gasteiger partial charge is 0.385 e. The van der Waals surface area contributed by atoms with Crippen LogP contribution in [-0.2, 0) is 6.54 Å². The zero-order valence-corrected chi connectivity index (χ0v) is 17.5. The van der Waals surface area contributed by atoms with Crippen LogP contribution >= 0.6 is 0 Å². The van der Waals surface area contributed by atoms with Gasteiger partial charge in [-0.05, 0) is 67.0 Å². The number of allylic oxidation sites excluding steroid dienone is 2. The molecule has 1 aromatic rings. The Morgan fingerprint density at radius 3 is 2.39 bits per heavy atom. The Morgan fingerprint density at radius 1 is 1.07 bits per heavy atom. The predicted octanol–water partition coefficient (Wildman–Crippen LogP) is 6.31. The Balaban J connectivity index is 1.80. The van der Waals surface area contributed by atoms with Gasteiger partial charge in [0.15, 0.2) is 0 Å². The van der Waals surface area contributed by atoms with Gasteiger partial charge in [-0.15, -0.1) is 0 Å². The minimum Gasteiger partial charge on any atom is -0.385 e. The number of rotatable bonds is 9. The molecule has 0 radical (unpaired) electrons. The van der Waals surface area contributed by atoms with Crippen molar-refractivity contribution in [3.63, 3.8) is 0 Å². The van der Waals surface area contributed by atoms with E-state index in [0.717, 1.165) is 40.6 Å². The Hall–Kier alpha value is -2.29. The first kappa shape index (κ1) is 22.0. The van der Waals surface area contributed by atoms with Gasteiger partial charge in [-0.2, -0.15) is 0 Å². The fraction of sp³-hybridized carbons (Fsp3) is 0.440. The van der Waals surface area contributed by atoms with Gasteiger partial charge in [0.1, 0.15) is 5.82 Å².